The molecule has 1 amide bonds. The van der Waals surface area contributed by atoms with Gasteiger partial charge in [-0.1, -0.05) is 60.7 Å². The van der Waals surface area contributed by atoms with E-state index in [1.165, 1.54) is 0 Å². The second kappa shape index (κ2) is 8.50. The van der Waals surface area contributed by atoms with Crippen LogP contribution >= 0.6 is 0 Å². The monoisotopic (exact) mass is 446 g/mol. The molecule has 4 rings (SSSR count). The summed E-state index contributed by atoms with van der Waals surface area (Å²) in [6.45, 7) is 0. The van der Waals surface area contributed by atoms with E-state index >= 15 is 0 Å². The van der Waals surface area contributed by atoms with Crippen molar-refractivity contribution in [3.63, 3.8) is 0 Å². The lowest BCUT2D eigenvalue weighted by Crippen LogP contribution is -2.25. The molecule has 0 radical (unpaired) electrons. The number of aromatic hydroxyl groups is 1. The van der Waals surface area contributed by atoms with Crippen molar-refractivity contribution in [3.8, 4) is 5.75 Å². The van der Waals surface area contributed by atoms with Gasteiger partial charge < -0.3 is 5.11 Å². The predicted octanol–water partition coefficient (Wildman–Crippen LogP) is 3.66. The van der Waals surface area contributed by atoms with Gasteiger partial charge in [-0.15, -0.1) is 0 Å². The van der Waals surface area contributed by atoms with Crippen molar-refractivity contribution >= 4 is 23.5 Å². The van der Waals surface area contributed by atoms with Gasteiger partial charge in [0.2, 0.25) is 11.7 Å². The number of hydrogen-bond acceptors (Lipinski definition) is 7. The lowest BCUT2D eigenvalue weighted by Gasteiger charge is -2.18. The Labute approximate surface area is 187 Å². The number of nitrogens with one attached hydrogen (secondary N) is 1. The number of hydrogen-bond donors (Lipinski definition) is 2. The van der Waals surface area contributed by atoms with Crippen molar-refractivity contribution in [1.29, 1.82) is 0 Å². The van der Waals surface area contributed by atoms with Gasteiger partial charge in [-0.2, -0.15) is 5.10 Å². The fraction of sp³-hybridized carbons (Fsp3) is 0.130. The third-order valence-corrected chi connectivity index (χ3v) is 5.75. The van der Waals surface area contributed by atoms with Crippen LogP contribution in [0.15, 0.2) is 77.9 Å². The van der Waals surface area contributed by atoms with Crippen molar-refractivity contribution in [2.75, 3.05) is 0 Å². The van der Waals surface area contributed by atoms with Gasteiger partial charge in [0.1, 0.15) is 0 Å². The number of rotatable bonds is 7. The molecule has 0 heterocycles. The molecule has 1 atom stereocenters. The van der Waals surface area contributed by atoms with E-state index in [2.05, 4.69) is 10.5 Å². The first kappa shape index (κ1) is 21.6. The number of amides is 1. The van der Waals surface area contributed by atoms with Crippen LogP contribution in [-0.2, 0) is 10.2 Å². The third-order valence-electron chi connectivity index (χ3n) is 5.75. The summed E-state index contributed by atoms with van der Waals surface area (Å²) in [6, 6.07) is 20.9. The highest BCUT2D eigenvalue weighted by molar-refractivity contribution is 5.90. The molecule has 10 heteroatoms. The van der Waals surface area contributed by atoms with Crippen molar-refractivity contribution in [1.82, 2.24) is 5.43 Å². The molecule has 33 heavy (non-hydrogen) atoms. The molecule has 0 aromatic heterocycles. The molecule has 1 fully saturated rings. The number of carbonyl (C=O) groups excluding carboxylic acids is 1. The molecule has 1 aliphatic rings. The van der Waals surface area contributed by atoms with Crippen LogP contribution < -0.4 is 5.43 Å². The average molecular weight is 446 g/mol. The van der Waals surface area contributed by atoms with Crippen molar-refractivity contribution in [2.45, 2.75) is 11.8 Å². The van der Waals surface area contributed by atoms with Gasteiger partial charge in [0.15, 0.2) is 0 Å². The smallest absolute Gasteiger partial charge is 0.318 e. The molecule has 10 nitrogen and oxygen atoms in total. The number of nitro groups is 2. The maximum Gasteiger partial charge on any atom is 0.318 e. The van der Waals surface area contributed by atoms with Crippen LogP contribution in [0, 0.1) is 26.1 Å². The minimum atomic E-state index is -0.934. The van der Waals surface area contributed by atoms with Crippen LogP contribution in [0.2, 0.25) is 0 Å². The number of phenols is 1. The van der Waals surface area contributed by atoms with Gasteiger partial charge in [0.05, 0.1) is 33.6 Å². The van der Waals surface area contributed by atoms with Crippen LogP contribution in [0.4, 0.5) is 11.4 Å². The summed E-state index contributed by atoms with van der Waals surface area (Å²) >= 11 is 0. The zero-order chi connectivity index (χ0) is 23.6. The Morgan fingerprint density at radius 2 is 1.58 bits per heavy atom. The predicted molar refractivity (Wildman–Crippen MR) is 119 cm³/mol. The van der Waals surface area contributed by atoms with E-state index in [0.29, 0.717) is 12.5 Å². The van der Waals surface area contributed by atoms with Crippen molar-refractivity contribution < 1.29 is 19.7 Å². The minimum absolute atomic E-state index is 0.260. The van der Waals surface area contributed by atoms with Crippen LogP contribution in [0.5, 0.6) is 5.75 Å². The lowest BCUT2D eigenvalue weighted by atomic mass is 9.85. The summed E-state index contributed by atoms with van der Waals surface area (Å²) in [7, 11) is 0. The van der Waals surface area contributed by atoms with Crippen LogP contribution in [0.1, 0.15) is 23.1 Å². The van der Waals surface area contributed by atoms with E-state index in [1.54, 1.807) is 0 Å². The Kier molecular flexibility index (Phi) is 5.57. The Morgan fingerprint density at radius 1 is 1.00 bits per heavy atom. The maximum absolute atomic E-state index is 12.9. The van der Waals surface area contributed by atoms with E-state index in [9.17, 15) is 30.1 Å². The quantitative estimate of drug-likeness (QED) is 0.321. The zero-order valence-electron chi connectivity index (χ0n) is 17.1. The first-order valence-corrected chi connectivity index (χ1v) is 9.94. The molecule has 0 spiro atoms. The Balaban J connectivity index is 1.58. The van der Waals surface area contributed by atoms with Crippen LogP contribution in [0.3, 0.4) is 0 Å². The topological polar surface area (TPSA) is 148 Å². The van der Waals surface area contributed by atoms with Gasteiger partial charge in [-0.25, -0.2) is 5.43 Å². The Bertz CT molecular complexity index is 1220. The number of phenolic OH excluding ortho intramolecular Hbond substituents is 1. The second-order valence-electron chi connectivity index (χ2n) is 7.61. The molecule has 3 aromatic rings. The first-order chi connectivity index (χ1) is 15.8. The molecule has 3 aromatic carbocycles. The number of carbonyl (C=O) groups is 1. The number of non-ortho nitro benzene ring substituents is 1. The number of nitrogens with zero attached hydrogens (tertiary/aromatic N) is 3. The summed E-state index contributed by atoms with van der Waals surface area (Å²) in [4.78, 5) is 33.3. The van der Waals surface area contributed by atoms with E-state index in [1.807, 2.05) is 60.7 Å². The molecule has 0 bridgehead atoms. The summed E-state index contributed by atoms with van der Waals surface area (Å²) in [5, 5.41) is 36.0. The fourth-order valence-electron chi connectivity index (χ4n) is 4.07. The van der Waals surface area contributed by atoms with Crippen LogP contribution in [0.25, 0.3) is 0 Å². The summed E-state index contributed by atoms with van der Waals surface area (Å²) in [5.74, 6) is -1.57. The van der Waals surface area contributed by atoms with Gasteiger partial charge in [-0.05, 0) is 17.5 Å². The maximum atomic E-state index is 12.9. The summed E-state index contributed by atoms with van der Waals surface area (Å²) < 4.78 is 0. The summed E-state index contributed by atoms with van der Waals surface area (Å²) in [5.41, 5.74) is 2.20. The van der Waals surface area contributed by atoms with Gasteiger partial charge in [-0.3, -0.25) is 25.0 Å². The molecule has 0 unspecified atom stereocenters. The molecule has 166 valence electrons. The van der Waals surface area contributed by atoms with E-state index in [4.69, 9.17) is 0 Å². The Hall–Kier alpha value is -4.60. The van der Waals surface area contributed by atoms with Gasteiger partial charge in [0.25, 0.3) is 5.69 Å². The number of hydrazone groups is 1. The largest absolute Gasteiger partial charge is 0.502 e. The molecule has 1 saturated carbocycles. The molecule has 0 saturated heterocycles. The first-order valence-electron chi connectivity index (χ1n) is 9.94. The fourth-order valence-corrected chi connectivity index (χ4v) is 4.07. The number of nitro benzene ring substituents is 2. The normalized spacial score (nSPS) is 16.3. The number of benzene rings is 3. The van der Waals surface area contributed by atoms with Crippen molar-refractivity contribution in [2.24, 2.45) is 11.0 Å². The Morgan fingerprint density at radius 3 is 2.09 bits per heavy atom. The highest BCUT2D eigenvalue weighted by Crippen LogP contribution is 2.58. The average Bonchev–Trinajstić information content (AvgIpc) is 3.58. The second-order valence-corrected chi connectivity index (χ2v) is 7.61. The minimum Gasteiger partial charge on any atom is -0.502 e. The van der Waals surface area contributed by atoms with Crippen molar-refractivity contribution in [3.05, 3.63) is 110 Å². The van der Waals surface area contributed by atoms with E-state index in [0.717, 1.165) is 23.4 Å². The SMILES string of the molecule is O=C(N/N=C\c1cc([N+](=O)[O-])cc([N+](=O)[O-])c1O)[C@H]1CC1(c1ccccc1)c1ccccc1. The van der Waals surface area contributed by atoms with Gasteiger partial charge in [0, 0.05) is 11.5 Å². The van der Waals surface area contributed by atoms with E-state index < -0.39 is 38.3 Å². The van der Waals surface area contributed by atoms with Crippen LogP contribution in [-0.4, -0.2) is 27.1 Å². The molecular weight excluding hydrogens is 428 g/mol. The summed E-state index contributed by atoms with van der Waals surface area (Å²) in [6.07, 6.45) is 1.51. The highest BCUT2D eigenvalue weighted by Gasteiger charge is 2.60. The van der Waals surface area contributed by atoms with Gasteiger partial charge >= 0.3 is 5.69 Å². The molecule has 1 aliphatic carbocycles. The third kappa shape index (κ3) is 4.01. The zero-order valence-corrected chi connectivity index (χ0v) is 17.1. The lowest BCUT2D eigenvalue weighted by molar-refractivity contribution is -0.394. The standard InChI is InChI=1S/C23H18N4O6/c28-21-15(11-18(26(30)31)12-20(21)27(32)33)14-24-25-22(29)19-13-23(19,16-7-3-1-4-8-16)17-9-5-2-6-10-17/h1-12,14,19,28H,13H2,(H,25,29)/b24-14-/t19-/m1/s1. The highest BCUT2D eigenvalue weighted by atomic mass is 16.6. The molecule has 2 N–H and O–H groups in total. The van der Waals surface area contributed by atoms with E-state index in [-0.39, 0.29) is 11.5 Å². The molecule has 0 aliphatic heterocycles. The molecular formula is C23H18N4O6.